The monoisotopic (exact) mass is 434 g/mol. The topological polar surface area (TPSA) is 94.7 Å². The molecule has 0 fully saturated rings. The molecular weight excluding hydrogens is 415 g/mol. The van der Waals surface area contributed by atoms with E-state index in [9.17, 15) is 9.18 Å². The Balaban J connectivity index is 1.66. The van der Waals surface area contributed by atoms with Gasteiger partial charge in [0.05, 0.1) is 19.8 Å². The normalized spacial score (nSPS) is 10.8. The van der Waals surface area contributed by atoms with Crippen LogP contribution in [0.15, 0.2) is 59.1 Å². The Morgan fingerprint density at radius 2 is 1.72 bits per heavy atom. The van der Waals surface area contributed by atoms with Gasteiger partial charge in [-0.2, -0.15) is 4.98 Å². The number of ether oxygens (including phenoxy) is 2. The highest BCUT2D eigenvalue weighted by atomic mass is 19.1. The molecule has 0 aliphatic rings. The molecule has 0 saturated heterocycles. The number of hydrogen-bond acceptors (Lipinski definition) is 6. The van der Waals surface area contributed by atoms with Gasteiger partial charge in [-0.25, -0.2) is 9.18 Å². The van der Waals surface area contributed by atoms with Gasteiger partial charge in [0.1, 0.15) is 17.3 Å². The van der Waals surface area contributed by atoms with Crippen LogP contribution in [0.1, 0.15) is 15.9 Å². The van der Waals surface area contributed by atoms with E-state index in [1.807, 2.05) is 43.3 Å². The first-order valence-corrected chi connectivity index (χ1v) is 9.61. The summed E-state index contributed by atoms with van der Waals surface area (Å²) in [5, 5.41) is 12.9. The van der Waals surface area contributed by atoms with Crippen molar-refractivity contribution in [3.05, 3.63) is 71.5 Å². The Bertz CT molecular complexity index is 1320. The zero-order valence-corrected chi connectivity index (χ0v) is 17.5. The molecule has 1 N–H and O–H groups in total. The average Bonchev–Trinajstić information content (AvgIpc) is 3.28. The maximum absolute atomic E-state index is 14.0. The second-order valence-corrected chi connectivity index (χ2v) is 7.02. The van der Waals surface area contributed by atoms with Crippen molar-refractivity contribution in [2.75, 3.05) is 14.2 Å². The summed E-state index contributed by atoms with van der Waals surface area (Å²) in [5.74, 6) is -0.395. The molecule has 0 bridgehead atoms. The first-order chi connectivity index (χ1) is 15.4. The van der Waals surface area contributed by atoms with Crippen LogP contribution in [-0.2, 0) is 0 Å². The smallest absolute Gasteiger partial charge is 0.338 e. The summed E-state index contributed by atoms with van der Waals surface area (Å²) in [6.07, 6.45) is 0. The lowest BCUT2D eigenvalue weighted by Crippen LogP contribution is -2.00. The number of methoxy groups -OCH3 is 2. The molecular formula is C24H19FN2O5. The van der Waals surface area contributed by atoms with E-state index in [1.165, 1.54) is 12.1 Å². The third kappa shape index (κ3) is 3.90. The van der Waals surface area contributed by atoms with E-state index in [-0.39, 0.29) is 11.7 Å². The van der Waals surface area contributed by atoms with Crippen LogP contribution in [0.4, 0.5) is 4.39 Å². The van der Waals surface area contributed by atoms with Crippen molar-refractivity contribution in [1.82, 2.24) is 10.1 Å². The van der Waals surface area contributed by atoms with Gasteiger partial charge in [0.2, 0.25) is 5.82 Å². The molecule has 1 heterocycles. The Morgan fingerprint density at radius 1 is 0.969 bits per heavy atom. The third-order valence-corrected chi connectivity index (χ3v) is 5.06. The highest BCUT2D eigenvalue weighted by molar-refractivity contribution is 5.88. The number of nitrogens with zero attached hydrogens (tertiary/aromatic N) is 2. The molecule has 7 nitrogen and oxygen atoms in total. The number of hydrogen-bond donors (Lipinski definition) is 1. The molecule has 0 aliphatic carbocycles. The highest BCUT2D eigenvalue weighted by Crippen LogP contribution is 2.36. The fraction of sp³-hybridized carbons (Fsp3) is 0.125. The molecule has 1 aromatic heterocycles. The van der Waals surface area contributed by atoms with Crippen LogP contribution in [-0.4, -0.2) is 35.4 Å². The number of benzene rings is 3. The van der Waals surface area contributed by atoms with Gasteiger partial charge in [-0.15, -0.1) is 0 Å². The number of aryl methyl sites for hydroxylation is 1. The number of halogens is 1. The lowest BCUT2D eigenvalue weighted by atomic mass is 9.97. The summed E-state index contributed by atoms with van der Waals surface area (Å²) in [6.45, 7) is 1.96. The SMILES string of the molecule is COc1ccc(-c2ccc(-c3nc(-c4ccc(C(=O)O)c(F)c4)no3)cc2C)c(OC)c1. The van der Waals surface area contributed by atoms with Crippen molar-refractivity contribution in [1.29, 1.82) is 0 Å². The van der Waals surface area contributed by atoms with Gasteiger partial charge in [0.25, 0.3) is 5.89 Å². The van der Waals surface area contributed by atoms with Crippen molar-refractivity contribution >= 4 is 5.97 Å². The Hall–Kier alpha value is -4.20. The minimum atomic E-state index is -1.34. The number of carbonyl (C=O) groups is 1. The lowest BCUT2D eigenvalue weighted by molar-refractivity contribution is 0.0692. The summed E-state index contributed by atoms with van der Waals surface area (Å²) in [4.78, 5) is 15.3. The van der Waals surface area contributed by atoms with Gasteiger partial charge in [0.15, 0.2) is 0 Å². The summed E-state index contributed by atoms with van der Waals surface area (Å²) >= 11 is 0. The minimum absolute atomic E-state index is 0.161. The van der Waals surface area contributed by atoms with E-state index in [0.717, 1.165) is 22.8 Å². The quantitative estimate of drug-likeness (QED) is 0.444. The van der Waals surface area contributed by atoms with Crippen molar-refractivity contribution in [3.8, 4) is 45.5 Å². The number of carboxylic acids is 1. The maximum atomic E-state index is 14.0. The predicted molar refractivity (Wildman–Crippen MR) is 115 cm³/mol. The van der Waals surface area contributed by atoms with Gasteiger partial charge >= 0.3 is 5.97 Å². The van der Waals surface area contributed by atoms with Crippen molar-refractivity contribution in [2.45, 2.75) is 6.92 Å². The largest absolute Gasteiger partial charge is 0.497 e. The fourth-order valence-electron chi connectivity index (χ4n) is 3.41. The molecule has 0 spiro atoms. The standard InChI is InChI=1S/C24H19FN2O5/c1-13-10-15(5-7-17(13)18-9-6-16(30-2)12-21(18)31-3)23-26-22(27-32-23)14-4-8-19(24(28)29)20(25)11-14/h4-12H,1-3H3,(H,28,29). The lowest BCUT2D eigenvalue weighted by Gasteiger charge is -2.13. The second-order valence-electron chi connectivity index (χ2n) is 7.02. The van der Waals surface area contributed by atoms with E-state index in [1.54, 1.807) is 14.2 Å². The van der Waals surface area contributed by atoms with E-state index < -0.39 is 17.3 Å². The maximum Gasteiger partial charge on any atom is 0.338 e. The van der Waals surface area contributed by atoms with Gasteiger partial charge < -0.3 is 19.1 Å². The zero-order chi connectivity index (χ0) is 22.8. The van der Waals surface area contributed by atoms with Gasteiger partial charge in [0, 0.05) is 22.8 Å². The molecule has 162 valence electrons. The summed E-state index contributed by atoms with van der Waals surface area (Å²) in [5.41, 5.74) is 3.44. The number of carboxylic acid groups (broad SMARTS) is 1. The highest BCUT2D eigenvalue weighted by Gasteiger charge is 2.17. The predicted octanol–water partition coefficient (Wildman–Crippen LogP) is 5.23. The molecule has 4 aromatic rings. The van der Waals surface area contributed by atoms with Crippen LogP contribution in [0, 0.1) is 12.7 Å². The fourth-order valence-corrected chi connectivity index (χ4v) is 3.41. The molecule has 0 atom stereocenters. The van der Waals surface area contributed by atoms with Gasteiger partial charge in [-0.1, -0.05) is 11.2 Å². The van der Waals surface area contributed by atoms with E-state index in [4.69, 9.17) is 19.1 Å². The van der Waals surface area contributed by atoms with Crippen LogP contribution in [0.25, 0.3) is 34.0 Å². The van der Waals surface area contributed by atoms with Crippen LogP contribution in [0.2, 0.25) is 0 Å². The van der Waals surface area contributed by atoms with Crippen molar-refractivity contribution in [2.24, 2.45) is 0 Å². The number of aromatic nitrogens is 2. The Labute approximate surface area is 183 Å². The zero-order valence-electron chi connectivity index (χ0n) is 17.5. The van der Waals surface area contributed by atoms with Gasteiger partial charge in [-0.05, 0) is 60.5 Å². The molecule has 0 radical (unpaired) electrons. The molecule has 3 aromatic carbocycles. The van der Waals surface area contributed by atoms with E-state index in [0.29, 0.717) is 22.6 Å². The molecule has 0 saturated carbocycles. The van der Waals surface area contributed by atoms with Crippen LogP contribution < -0.4 is 9.47 Å². The first kappa shape index (κ1) is 21.0. The number of aromatic carboxylic acids is 1. The first-order valence-electron chi connectivity index (χ1n) is 9.61. The molecule has 0 unspecified atom stereocenters. The molecule has 0 aliphatic heterocycles. The number of rotatable bonds is 6. The van der Waals surface area contributed by atoms with Crippen molar-refractivity contribution in [3.63, 3.8) is 0 Å². The Kier molecular flexibility index (Phi) is 5.59. The van der Waals surface area contributed by atoms with Crippen molar-refractivity contribution < 1.29 is 28.3 Å². The summed E-state index contributed by atoms with van der Waals surface area (Å²) < 4.78 is 30.1. The second kappa shape index (κ2) is 8.50. The minimum Gasteiger partial charge on any atom is -0.497 e. The van der Waals surface area contributed by atoms with E-state index >= 15 is 0 Å². The Morgan fingerprint density at radius 3 is 2.38 bits per heavy atom. The molecule has 32 heavy (non-hydrogen) atoms. The average molecular weight is 434 g/mol. The van der Waals surface area contributed by atoms with Gasteiger partial charge in [-0.3, -0.25) is 0 Å². The molecule has 8 heteroatoms. The van der Waals surface area contributed by atoms with Crippen LogP contribution in [0.3, 0.4) is 0 Å². The summed E-state index contributed by atoms with van der Waals surface area (Å²) in [6, 6.07) is 15.0. The molecule has 0 amide bonds. The van der Waals surface area contributed by atoms with E-state index in [2.05, 4.69) is 10.1 Å². The van der Waals surface area contributed by atoms with Crippen LogP contribution >= 0.6 is 0 Å². The van der Waals surface area contributed by atoms with Crippen LogP contribution in [0.5, 0.6) is 11.5 Å². The summed E-state index contributed by atoms with van der Waals surface area (Å²) in [7, 11) is 3.20. The molecule has 4 rings (SSSR count). The third-order valence-electron chi connectivity index (χ3n) is 5.06.